The van der Waals surface area contributed by atoms with Crippen LogP contribution in [-0.4, -0.2) is 25.2 Å². The van der Waals surface area contributed by atoms with E-state index in [-0.39, 0.29) is 22.2 Å². The second-order valence-corrected chi connectivity index (χ2v) is 10.5. The van der Waals surface area contributed by atoms with Crippen molar-refractivity contribution >= 4 is 44.8 Å². The van der Waals surface area contributed by atoms with Crippen molar-refractivity contribution < 1.29 is 17.6 Å². The van der Waals surface area contributed by atoms with Crippen molar-refractivity contribution in [2.45, 2.75) is 32.2 Å². The molecule has 0 bridgehead atoms. The molecule has 0 saturated heterocycles. The molecule has 3 rings (SSSR count). The molecule has 0 radical (unpaired) electrons. The van der Waals surface area contributed by atoms with Crippen molar-refractivity contribution in [1.82, 2.24) is 4.31 Å². The fourth-order valence-corrected chi connectivity index (χ4v) is 5.80. The highest BCUT2D eigenvalue weighted by atomic mass is 35.5. The number of rotatable bonds is 7. The monoisotopic (exact) mass is 508 g/mol. The van der Waals surface area contributed by atoms with Gasteiger partial charge in [0, 0.05) is 6.54 Å². The number of benzene rings is 3. The summed E-state index contributed by atoms with van der Waals surface area (Å²) in [5, 5.41) is 3.04. The highest BCUT2D eigenvalue weighted by Crippen LogP contribution is 2.28. The lowest BCUT2D eigenvalue weighted by atomic mass is 10.1. The van der Waals surface area contributed by atoms with Gasteiger partial charge >= 0.3 is 0 Å². The number of carbonyl (C=O) groups excluding carboxylic acids is 1. The van der Waals surface area contributed by atoms with Gasteiger partial charge in [-0.3, -0.25) is 4.79 Å². The summed E-state index contributed by atoms with van der Waals surface area (Å²) in [4.78, 5) is 12.9. The van der Waals surface area contributed by atoms with Gasteiger partial charge < -0.3 is 5.32 Å². The fraction of sp³-hybridized carbons (Fsp3) is 0.208. The van der Waals surface area contributed by atoms with E-state index in [0.717, 1.165) is 9.87 Å². The Kier molecular flexibility index (Phi) is 7.80. The molecule has 1 N–H and O–H groups in total. The number of nitrogens with one attached hydrogen (secondary N) is 1. The van der Waals surface area contributed by atoms with Gasteiger partial charge in [-0.1, -0.05) is 59.1 Å². The Morgan fingerprint density at radius 3 is 2.21 bits per heavy atom. The number of aryl methyl sites for hydroxylation is 3. The standard InChI is InChI=1S/C24H23Cl2FN2O3S/c1-15-10-16(2)24(17(3)11-15)33(31,32)29(13-18-8-9-19(25)20(26)12-18)14-23(30)28-22-7-5-4-6-21(22)27/h4-12H,13-14H2,1-3H3,(H,28,30). The van der Waals surface area contributed by atoms with Gasteiger partial charge in [-0.2, -0.15) is 4.31 Å². The predicted molar refractivity (Wildman–Crippen MR) is 130 cm³/mol. The van der Waals surface area contributed by atoms with Gasteiger partial charge in [0.1, 0.15) is 5.82 Å². The van der Waals surface area contributed by atoms with Gasteiger partial charge in [0.15, 0.2) is 0 Å². The number of hydrogen-bond acceptors (Lipinski definition) is 3. The number of halogens is 3. The quantitative estimate of drug-likeness (QED) is 0.432. The first-order valence-corrected chi connectivity index (χ1v) is 12.2. The third kappa shape index (κ3) is 5.92. The second-order valence-electron chi connectivity index (χ2n) is 7.78. The molecule has 5 nitrogen and oxygen atoms in total. The Balaban J connectivity index is 2.00. The van der Waals surface area contributed by atoms with E-state index in [9.17, 15) is 17.6 Å². The zero-order valence-corrected chi connectivity index (χ0v) is 20.7. The molecular weight excluding hydrogens is 486 g/mol. The van der Waals surface area contributed by atoms with E-state index in [0.29, 0.717) is 21.7 Å². The van der Waals surface area contributed by atoms with Gasteiger partial charge in [0.05, 0.1) is 27.2 Å². The molecule has 174 valence electrons. The molecule has 0 unspecified atom stereocenters. The summed E-state index contributed by atoms with van der Waals surface area (Å²) >= 11 is 12.1. The summed E-state index contributed by atoms with van der Waals surface area (Å²) in [7, 11) is -4.10. The molecule has 3 aromatic carbocycles. The van der Waals surface area contributed by atoms with Crippen LogP contribution in [0, 0.1) is 26.6 Å². The molecular formula is C24H23Cl2FN2O3S. The smallest absolute Gasteiger partial charge is 0.244 e. The minimum Gasteiger partial charge on any atom is -0.322 e. The van der Waals surface area contributed by atoms with E-state index in [1.165, 1.54) is 18.2 Å². The molecule has 0 saturated carbocycles. The third-order valence-electron chi connectivity index (χ3n) is 5.01. The van der Waals surface area contributed by atoms with E-state index in [1.54, 1.807) is 50.2 Å². The van der Waals surface area contributed by atoms with E-state index >= 15 is 0 Å². The van der Waals surface area contributed by atoms with Crippen LogP contribution >= 0.6 is 23.2 Å². The predicted octanol–water partition coefficient (Wildman–Crippen LogP) is 5.89. The molecule has 0 atom stereocenters. The van der Waals surface area contributed by atoms with Gasteiger partial charge in [0.2, 0.25) is 15.9 Å². The van der Waals surface area contributed by atoms with Crippen molar-refractivity contribution in [3.05, 3.63) is 92.7 Å². The summed E-state index contributed by atoms with van der Waals surface area (Å²) in [6.07, 6.45) is 0. The molecule has 0 aliphatic heterocycles. The highest BCUT2D eigenvalue weighted by Gasteiger charge is 2.30. The zero-order valence-electron chi connectivity index (χ0n) is 18.3. The minimum absolute atomic E-state index is 0.0305. The third-order valence-corrected chi connectivity index (χ3v) is 7.85. The van der Waals surface area contributed by atoms with Crippen LogP contribution in [0.5, 0.6) is 0 Å². The van der Waals surface area contributed by atoms with Crippen molar-refractivity contribution in [2.24, 2.45) is 0 Å². The lowest BCUT2D eigenvalue weighted by Crippen LogP contribution is -2.38. The Morgan fingerprint density at radius 1 is 0.970 bits per heavy atom. The van der Waals surface area contributed by atoms with E-state index in [1.807, 2.05) is 6.92 Å². The second kappa shape index (κ2) is 10.2. The molecule has 33 heavy (non-hydrogen) atoms. The van der Waals surface area contributed by atoms with Gasteiger partial charge in [-0.05, 0) is 61.7 Å². The maximum absolute atomic E-state index is 14.0. The van der Waals surface area contributed by atoms with E-state index < -0.39 is 28.3 Å². The molecule has 0 aliphatic carbocycles. The average molecular weight is 509 g/mol. The normalized spacial score (nSPS) is 11.6. The summed E-state index contributed by atoms with van der Waals surface area (Å²) in [6, 6.07) is 14.0. The maximum atomic E-state index is 14.0. The van der Waals surface area contributed by atoms with Crippen molar-refractivity contribution in [3.63, 3.8) is 0 Å². The average Bonchev–Trinajstić information content (AvgIpc) is 2.71. The lowest BCUT2D eigenvalue weighted by molar-refractivity contribution is -0.116. The molecule has 0 spiro atoms. The molecule has 0 fully saturated rings. The van der Waals surface area contributed by atoms with Crippen molar-refractivity contribution in [1.29, 1.82) is 0 Å². The number of carbonyl (C=O) groups is 1. The first-order chi connectivity index (χ1) is 15.5. The van der Waals surface area contributed by atoms with Crippen LogP contribution in [0.1, 0.15) is 22.3 Å². The number of hydrogen-bond donors (Lipinski definition) is 1. The van der Waals surface area contributed by atoms with Crippen LogP contribution in [-0.2, 0) is 21.4 Å². The Hall–Kier alpha value is -2.45. The molecule has 9 heteroatoms. The minimum atomic E-state index is -4.10. The Labute approximate surface area is 203 Å². The number of para-hydroxylation sites is 1. The molecule has 1 amide bonds. The summed E-state index contributed by atoms with van der Waals surface area (Å²) in [5.41, 5.74) is 2.59. The van der Waals surface area contributed by atoms with Crippen LogP contribution in [0.3, 0.4) is 0 Å². The number of sulfonamides is 1. The van der Waals surface area contributed by atoms with Crippen molar-refractivity contribution in [3.8, 4) is 0 Å². The van der Waals surface area contributed by atoms with Gasteiger partial charge in [-0.25, -0.2) is 12.8 Å². The summed E-state index contributed by atoms with van der Waals surface area (Å²) in [6.45, 7) is 4.65. The topological polar surface area (TPSA) is 66.5 Å². The molecule has 0 heterocycles. The summed E-state index contributed by atoms with van der Waals surface area (Å²) < 4.78 is 42.5. The fourth-order valence-electron chi connectivity index (χ4n) is 3.68. The van der Waals surface area contributed by atoms with E-state index in [4.69, 9.17) is 23.2 Å². The summed E-state index contributed by atoms with van der Waals surface area (Å²) in [5.74, 6) is -1.29. The largest absolute Gasteiger partial charge is 0.322 e. The molecule has 0 aliphatic rings. The van der Waals surface area contributed by atoms with Crippen molar-refractivity contribution in [2.75, 3.05) is 11.9 Å². The molecule has 0 aromatic heterocycles. The Bertz CT molecular complexity index is 1290. The van der Waals surface area contributed by atoms with Crippen LogP contribution in [0.15, 0.2) is 59.5 Å². The molecule has 3 aromatic rings. The van der Waals surface area contributed by atoms with Crippen LogP contribution in [0.4, 0.5) is 10.1 Å². The van der Waals surface area contributed by atoms with E-state index in [2.05, 4.69) is 5.32 Å². The van der Waals surface area contributed by atoms with Crippen LogP contribution in [0.25, 0.3) is 0 Å². The first-order valence-electron chi connectivity index (χ1n) is 10.1. The van der Waals surface area contributed by atoms with Gasteiger partial charge in [-0.15, -0.1) is 0 Å². The Morgan fingerprint density at radius 2 is 1.61 bits per heavy atom. The number of amides is 1. The first kappa shape index (κ1) is 25.2. The maximum Gasteiger partial charge on any atom is 0.244 e. The van der Waals surface area contributed by atoms with Gasteiger partial charge in [0.25, 0.3) is 0 Å². The van der Waals surface area contributed by atoms with Crippen LogP contribution in [0.2, 0.25) is 10.0 Å². The number of nitrogens with zero attached hydrogens (tertiary/aromatic N) is 1. The highest BCUT2D eigenvalue weighted by molar-refractivity contribution is 7.89. The SMILES string of the molecule is Cc1cc(C)c(S(=O)(=O)N(CC(=O)Nc2ccccc2F)Cc2ccc(Cl)c(Cl)c2)c(C)c1. The number of anilines is 1. The zero-order chi connectivity index (χ0) is 24.3. The van der Waals surface area contributed by atoms with Crippen LogP contribution < -0.4 is 5.32 Å². The lowest BCUT2D eigenvalue weighted by Gasteiger charge is -2.24.